The predicted octanol–water partition coefficient (Wildman–Crippen LogP) is 0.411. The van der Waals surface area contributed by atoms with Crippen LogP contribution in [0.1, 0.15) is 20.3 Å². The fourth-order valence-corrected chi connectivity index (χ4v) is 2.54. The van der Waals surface area contributed by atoms with Crippen LogP contribution in [0, 0.1) is 0 Å². The second-order valence-corrected chi connectivity index (χ2v) is 5.56. The molecule has 1 amide bonds. The number of carbonyl (C=O) groups excluding carboxylic acids is 1. The Labute approximate surface area is 122 Å². The molecule has 0 saturated carbocycles. The van der Waals surface area contributed by atoms with Crippen LogP contribution in [-0.4, -0.2) is 84.7 Å². The molecule has 0 bridgehead atoms. The van der Waals surface area contributed by atoms with Gasteiger partial charge in [-0.2, -0.15) is 0 Å². The summed E-state index contributed by atoms with van der Waals surface area (Å²) in [6.45, 7) is 14.5. The van der Waals surface area contributed by atoms with E-state index in [0.29, 0.717) is 13.1 Å². The van der Waals surface area contributed by atoms with E-state index in [1.807, 2.05) is 18.7 Å². The monoisotopic (exact) mass is 283 g/mol. The van der Waals surface area contributed by atoms with Crippen molar-refractivity contribution < 1.29 is 9.90 Å². The lowest BCUT2D eigenvalue weighted by Gasteiger charge is -2.26. The summed E-state index contributed by atoms with van der Waals surface area (Å²) >= 11 is 0. The lowest BCUT2D eigenvalue weighted by Crippen LogP contribution is -2.42. The zero-order valence-corrected chi connectivity index (χ0v) is 13.0. The molecule has 0 atom stereocenters. The van der Waals surface area contributed by atoms with Crippen molar-refractivity contribution in [3.05, 3.63) is 12.2 Å². The van der Waals surface area contributed by atoms with Crippen LogP contribution in [0.2, 0.25) is 0 Å². The fraction of sp³-hybridized carbons (Fsp3) is 0.800. The first-order valence-corrected chi connectivity index (χ1v) is 7.54. The molecule has 0 spiro atoms. The molecule has 0 aromatic heterocycles. The first-order valence-electron chi connectivity index (χ1n) is 7.54. The Bertz CT molecular complexity index is 320. The van der Waals surface area contributed by atoms with Gasteiger partial charge in [-0.25, -0.2) is 0 Å². The van der Waals surface area contributed by atoms with Crippen molar-refractivity contribution in [3.63, 3.8) is 0 Å². The number of hydrogen-bond acceptors (Lipinski definition) is 4. The maximum atomic E-state index is 12.3. The Morgan fingerprint density at radius 1 is 1.25 bits per heavy atom. The van der Waals surface area contributed by atoms with Gasteiger partial charge in [-0.15, -0.1) is 0 Å². The molecule has 1 aliphatic rings. The molecule has 116 valence electrons. The van der Waals surface area contributed by atoms with E-state index in [2.05, 4.69) is 16.4 Å². The van der Waals surface area contributed by atoms with Gasteiger partial charge in [0, 0.05) is 32.7 Å². The molecule has 0 aromatic rings. The molecule has 0 aliphatic carbocycles. The third-order valence-electron chi connectivity index (χ3n) is 3.65. The smallest absolute Gasteiger partial charge is 0.237 e. The van der Waals surface area contributed by atoms with E-state index in [1.165, 1.54) is 0 Å². The molecule has 20 heavy (non-hydrogen) atoms. The van der Waals surface area contributed by atoms with E-state index >= 15 is 0 Å². The Morgan fingerprint density at radius 3 is 2.50 bits per heavy atom. The van der Waals surface area contributed by atoms with Crippen LogP contribution in [0.4, 0.5) is 0 Å². The van der Waals surface area contributed by atoms with Gasteiger partial charge < -0.3 is 10.0 Å². The van der Waals surface area contributed by atoms with Crippen molar-refractivity contribution in [2.24, 2.45) is 0 Å². The predicted molar refractivity (Wildman–Crippen MR) is 81.7 cm³/mol. The van der Waals surface area contributed by atoms with Crippen molar-refractivity contribution in [3.8, 4) is 0 Å². The number of carbonyl (C=O) groups is 1. The van der Waals surface area contributed by atoms with Crippen molar-refractivity contribution in [2.75, 3.05) is 59.0 Å². The summed E-state index contributed by atoms with van der Waals surface area (Å²) in [4.78, 5) is 18.6. The van der Waals surface area contributed by atoms with E-state index < -0.39 is 0 Å². The quantitative estimate of drug-likeness (QED) is 0.688. The second kappa shape index (κ2) is 9.10. The van der Waals surface area contributed by atoms with Crippen molar-refractivity contribution in [1.82, 2.24) is 14.7 Å². The largest absolute Gasteiger partial charge is 0.395 e. The molecule has 1 saturated heterocycles. The van der Waals surface area contributed by atoms with Crippen molar-refractivity contribution in [2.45, 2.75) is 20.3 Å². The van der Waals surface area contributed by atoms with Gasteiger partial charge in [0.15, 0.2) is 0 Å². The Kier molecular flexibility index (Phi) is 7.80. The Hall–Kier alpha value is -0.910. The molecule has 1 rings (SSSR count). The van der Waals surface area contributed by atoms with E-state index in [-0.39, 0.29) is 12.5 Å². The zero-order chi connectivity index (χ0) is 15.0. The number of β-amino-alcohol motifs (C(OH)–C–C–N with tert-alkyl or cyclic N) is 1. The van der Waals surface area contributed by atoms with Crippen LogP contribution in [-0.2, 0) is 4.79 Å². The van der Waals surface area contributed by atoms with Crippen LogP contribution in [0.5, 0.6) is 0 Å². The number of aliphatic hydroxyl groups excluding tert-OH is 1. The van der Waals surface area contributed by atoms with Crippen LogP contribution in [0.3, 0.4) is 0 Å². The lowest BCUT2D eigenvalue weighted by atomic mass is 10.3. The summed E-state index contributed by atoms with van der Waals surface area (Å²) in [5, 5.41) is 8.99. The number of hydrogen-bond donors (Lipinski definition) is 1. The molecular formula is C15H29N3O2. The first-order chi connectivity index (χ1) is 9.56. The second-order valence-electron chi connectivity index (χ2n) is 5.56. The summed E-state index contributed by atoms with van der Waals surface area (Å²) in [6, 6.07) is 0. The van der Waals surface area contributed by atoms with Crippen molar-refractivity contribution >= 4 is 5.91 Å². The minimum Gasteiger partial charge on any atom is -0.395 e. The van der Waals surface area contributed by atoms with E-state index in [0.717, 1.165) is 51.3 Å². The van der Waals surface area contributed by atoms with Gasteiger partial charge in [-0.3, -0.25) is 14.6 Å². The molecule has 1 N–H and O–H groups in total. The molecule has 1 aliphatic heterocycles. The molecule has 0 radical (unpaired) electrons. The summed E-state index contributed by atoms with van der Waals surface area (Å²) in [6.07, 6.45) is 1.06. The van der Waals surface area contributed by atoms with Crippen molar-refractivity contribution in [1.29, 1.82) is 0 Å². The van der Waals surface area contributed by atoms with Crippen LogP contribution in [0.15, 0.2) is 12.2 Å². The number of aliphatic hydroxyl groups is 1. The molecule has 0 unspecified atom stereocenters. The highest BCUT2D eigenvalue weighted by atomic mass is 16.3. The van der Waals surface area contributed by atoms with Gasteiger partial charge in [-0.1, -0.05) is 12.2 Å². The molecular weight excluding hydrogens is 254 g/mol. The van der Waals surface area contributed by atoms with Crippen LogP contribution in [0.25, 0.3) is 0 Å². The van der Waals surface area contributed by atoms with Gasteiger partial charge in [0.25, 0.3) is 0 Å². The average molecular weight is 283 g/mol. The van der Waals surface area contributed by atoms with E-state index in [4.69, 9.17) is 5.11 Å². The molecule has 5 nitrogen and oxygen atoms in total. The maximum Gasteiger partial charge on any atom is 0.237 e. The summed E-state index contributed by atoms with van der Waals surface area (Å²) in [7, 11) is 0. The Morgan fingerprint density at radius 2 is 1.90 bits per heavy atom. The summed E-state index contributed by atoms with van der Waals surface area (Å²) in [5.74, 6) is 0.186. The Balaban J connectivity index is 2.42. The number of rotatable bonds is 7. The van der Waals surface area contributed by atoms with Gasteiger partial charge >= 0.3 is 0 Å². The van der Waals surface area contributed by atoms with E-state index in [1.54, 1.807) is 0 Å². The highest BCUT2D eigenvalue weighted by Gasteiger charge is 2.19. The first kappa shape index (κ1) is 17.1. The fourth-order valence-electron chi connectivity index (χ4n) is 2.54. The molecule has 1 fully saturated rings. The molecule has 5 heteroatoms. The SMILES string of the molecule is C=C(C)CN(CC)C(=O)CN1CCCN(CCO)CC1. The third-order valence-corrected chi connectivity index (χ3v) is 3.65. The molecule has 1 heterocycles. The topological polar surface area (TPSA) is 47.0 Å². The highest BCUT2D eigenvalue weighted by Crippen LogP contribution is 2.04. The standard InChI is InChI=1S/C15H29N3O2/c1-4-18(12-14(2)3)15(20)13-17-7-5-6-16(8-9-17)10-11-19/h19H,2,4-13H2,1,3H3. The van der Waals surface area contributed by atoms with Gasteiger partial charge in [0.1, 0.15) is 0 Å². The minimum absolute atomic E-state index is 0.186. The van der Waals surface area contributed by atoms with Crippen LogP contribution >= 0.6 is 0 Å². The average Bonchev–Trinajstić information content (AvgIpc) is 2.62. The highest BCUT2D eigenvalue weighted by molar-refractivity contribution is 5.78. The summed E-state index contributed by atoms with van der Waals surface area (Å²) < 4.78 is 0. The van der Waals surface area contributed by atoms with Gasteiger partial charge in [0.05, 0.1) is 13.2 Å². The normalized spacial score (nSPS) is 17.8. The minimum atomic E-state index is 0.186. The maximum absolute atomic E-state index is 12.3. The lowest BCUT2D eigenvalue weighted by molar-refractivity contribution is -0.131. The third kappa shape index (κ3) is 6.03. The van der Waals surface area contributed by atoms with Gasteiger partial charge in [0.2, 0.25) is 5.91 Å². The number of likely N-dealkylation sites (N-methyl/N-ethyl adjacent to an activating group) is 1. The summed E-state index contributed by atoms with van der Waals surface area (Å²) in [5.41, 5.74) is 1.02. The zero-order valence-electron chi connectivity index (χ0n) is 13.0. The van der Waals surface area contributed by atoms with E-state index in [9.17, 15) is 4.79 Å². The molecule has 0 aromatic carbocycles. The number of nitrogens with zero attached hydrogens (tertiary/aromatic N) is 3. The number of amides is 1. The van der Waals surface area contributed by atoms with Gasteiger partial charge in [-0.05, 0) is 33.4 Å². The van der Waals surface area contributed by atoms with Crippen LogP contribution < -0.4 is 0 Å².